The van der Waals surface area contributed by atoms with Crippen molar-refractivity contribution in [2.45, 2.75) is 32.5 Å². The van der Waals surface area contributed by atoms with Gasteiger partial charge in [0, 0.05) is 55.0 Å². The molecular weight excluding hydrogens is 406 g/mol. The predicted octanol–water partition coefficient (Wildman–Crippen LogP) is 3.69. The van der Waals surface area contributed by atoms with Crippen LogP contribution in [0, 0.1) is 6.92 Å². The molecule has 7 nitrogen and oxygen atoms in total. The van der Waals surface area contributed by atoms with Crippen molar-refractivity contribution in [3.63, 3.8) is 0 Å². The number of piperidine rings is 1. The number of carbonyl (C=O) groups excluding carboxylic acids is 1. The molecule has 2 aromatic heterocycles. The predicted molar refractivity (Wildman–Crippen MR) is 112 cm³/mol. The van der Waals surface area contributed by atoms with E-state index in [-0.39, 0.29) is 17.5 Å². The maximum atomic E-state index is 12.6. The Kier molecular flexibility index (Phi) is 5.83. The first-order valence-corrected chi connectivity index (χ1v) is 9.93. The number of rotatable bonds is 6. The number of carbonyl (C=O) groups is 1. The molecule has 0 radical (unpaired) electrons. The van der Waals surface area contributed by atoms with Gasteiger partial charge < -0.3 is 20.1 Å². The molecule has 1 aromatic carbocycles. The molecule has 0 atom stereocenters. The number of nitrogens with zero attached hydrogens (tertiary/aromatic N) is 3. The molecule has 0 unspecified atom stereocenters. The zero-order chi connectivity index (χ0) is 22.0. The van der Waals surface area contributed by atoms with Crippen molar-refractivity contribution in [3.05, 3.63) is 54.0 Å². The van der Waals surface area contributed by atoms with Crippen LogP contribution in [-0.4, -0.2) is 41.7 Å². The molecule has 1 amide bonds. The lowest BCUT2D eigenvalue weighted by molar-refractivity contribution is -0.0497. The molecule has 31 heavy (non-hydrogen) atoms. The molecule has 0 spiro atoms. The van der Waals surface area contributed by atoms with Gasteiger partial charge in [-0.25, -0.2) is 0 Å². The van der Waals surface area contributed by atoms with Crippen molar-refractivity contribution in [1.82, 2.24) is 9.97 Å². The van der Waals surface area contributed by atoms with Crippen LogP contribution >= 0.6 is 0 Å². The normalized spacial score (nSPS) is 14.8. The fourth-order valence-electron chi connectivity index (χ4n) is 3.78. The van der Waals surface area contributed by atoms with Gasteiger partial charge in [0.15, 0.2) is 0 Å². The van der Waals surface area contributed by atoms with Gasteiger partial charge in [-0.2, -0.15) is 8.78 Å². The van der Waals surface area contributed by atoms with Gasteiger partial charge in [0.25, 0.3) is 5.91 Å². The van der Waals surface area contributed by atoms with E-state index < -0.39 is 12.5 Å². The highest BCUT2D eigenvalue weighted by Crippen LogP contribution is 2.32. The Morgan fingerprint density at radius 2 is 1.94 bits per heavy atom. The van der Waals surface area contributed by atoms with E-state index in [1.54, 1.807) is 24.3 Å². The summed E-state index contributed by atoms with van der Waals surface area (Å²) >= 11 is 0. The Hall–Kier alpha value is -3.49. The SMILES string of the molecule is Cc1cc(N2CCC(Oc3ccnc(C(N)=O)c3)CC2)c2cc(OC(F)F)ccc2n1. The minimum atomic E-state index is -2.88. The number of anilines is 1. The Morgan fingerprint density at radius 1 is 1.16 bits per heavy atom. The third-order valence-electron chi connectivity index (χ3n) is 5.18. The van der Waals surface area contributed by atoms with Crippen molar-refractivity contribution in [1.29, 1.82) is 0 Å². The van der Waals surface area contributed by atoms with Crippen LogP contribution in [0.15, 0.2) is 42.6 Å². The summed E-state index contributed by atoms with van der Waals surface area (Å²) < 4.78 is 35.9. The summed E-state index contributed by atoms with van der Waals surface area (Å²) in [5, 5.41) is 0.767. The zero-order valence-electron chi connectivity index (χ0n) is 16.9. The number of benzene rings is 1. The Bertz CT molecular complexity index is 1100. The van der Waals surface area contributed by atoms with E-state index in [1.165, 1.54) is 12.3 Å². The lowest BCUT2D eigenvalue weighted by atomic mass is 10.0. The van der Waals surface area contributed by atoms with E-state index in [4.69, 9.17) is 10.5 Å². The number of nitrogens with two attached hydrogens (primary N) is 1. The van der Waals surface area contributed by atoms with Gasteiger partial charge in [-0.1, -0.05) is 0 Å². The lowest BCUT2D eigenvalue weighted by Gasteiger charge is -2.34. The summed E-state index contributed by atoms with van der Waals surface area (Å²) in [5.41, 5.74) is 7.94. The minimum absolute atomic E-state index is 0.0219. The molecule has 9 heteroatoms. The Balaban J connectivity index is 1.50. The summed E-state index contributed by atoms with van der Waals surface area (Å²) in [5.74, 6) is 0.0622. The summed E-state index contributed by atoms with van der Waals surface area (Å²) in [6.07, 6.45) is 2.98. The standard InChI is InChI=1S/C22H22F2N4O3/c1-13-10-20(17-11-15(31-22(23)24)2-3-18(17)27-13)28-8-5-14(6-9-28)30-16-4-7-26-19(12-16)21(25)29/h2-4,7,10-12,14,22H,5-6,8-9H2,1H3,(H2,25,29). The van der Waals surface area contributed by atoms with E-state index in [0.29, 0.717) is 5.75 Å². The molecule has 0 bridgehead atoms. The summed E-state index contributed by atoms with van der Waals surface area (Å²) in [6.45, 7) is 0.464. The number of alkyl halides is 2. The second-order valence-electron chi connectivity index (χ2n) is 7.39. The molecule has 0 saturated carbocycles. The maximum absolute atomic E-state index is 12.6. The van der Waals surface area contributed by atoms with Gasteiger partial charge in [0.2, 0.25) is 0 Å². The van der Waals surface area contributed by atoms with Crippen LogP contribution in [0.3, 0.4) is 0 Å². The number of primary amides is 1. The van der Waals surface area contributed by atoms with Crippen molar-refractivity contribution in [2.75, 3.05) is 18.0 Å². The fourth-order valence-corrected chi connectivity index (χ4v) is 3.78. The van der Waals surface area contributed by atoms with Crippen LogP contribution in [-0.2, 0) is 0 Å². The van der Waals surface area contributed by atoms with Crippen molar-refractivity contribution in [3.8, 4) is 11.5 Å². The third kappa shape index (κ3) is 4.82. The maximum Gasteiger partial charge on any atom is 0.387 e. The average molecular weight is 428 g/mol. The highest BCUT2D eigenvalue weighted by molar-refractivity contribution is 5.93. The number of halogens is 2. The largest absolute Gasteiger partial charge is 0.490 e. The fraction of sp³-hybridized carbons (Fsp3) is 0.318. The van der Waals surface area contributed by atoms with Gasteiger partial charge in [0.05, 0.1) is 5.52 Å². The number of hydrogen-bond acceptors (Lipinski definition) is 6. The van der Waals surface area contributed by atoms with Gasteiger partial charge in [-0.15, -0.1) is 0 Å². The number of pyridine rings is 2. The van der Waals surface area contributed by atoms with Crippen LogP contribution in [0.5, 0.6) is 11.5 Å². The van der Waals surface area contributed by atoms with E-state index in [0.717, 1.165) is 48.2 Å². The molecule has 1 fully saturated rings. The number of amides is 1. The second kappa shape index (κ2) is 8.71. The molecule has 4 rings (SSSR count). The average Bonchev–Trinajstić information content (AvgIpc) is 2.74. The van der Waals surface area contributed by atoms with E-state index in [1.807, 2.05) is 13.0 Å². The smallest absolute Gasteiger partial charge is 0.387 e. The van der Waals surface area contributed by atoms with Crippen LogP contribution in [0.4, 0.5) is 14.5 Å². The topological polar surface area (TPSA) is 90.6 Å². The van der Waals surface area contributed by atoms with E-state index >= 15 is 0 Å². The number of aromatic nitrogens is 2. The van der Waals surface area contributed by atoms with E-state index in [9.17, 15) is 13.6 Å². The minimum Gasteiger partial charge on any atom is -0.490 e. The summed E-state index contributed by atoms with van der Waals surface area (Å²) in [7, 11) is 0. The Morgan fingerprint density at radius 3 is 2.65 bits per heavy atom. The molecule has 1 saturated heterocycles. The highest BCUT2D eigenvalue weighted by atomic mass is 19.3. The summed E-state index contributed by atoms with van der Waals surface area (Å²) in [6, 6.07) is 9.99. The second-order valence-corrected chi connectivity index (χ2v) is 7.39. The highest BCUT2D eigenvalue weighted by Gasteiger charge is 2.23. The van der Waals surface area contributed by atoms with Gasteiger partial charge in [-0.05, 0) is 37.3 Å². The molecule has 0 aliphatic carbocycles. The van der Waals surface area contributed by atoms with Crippen molar-refractivity contribution >= 4 is 22.5 Å². The first-order chi connectivity index (χ1) is 14.9. The quantitative estimate of drug-likeness (QED) is 0.644. The zero-order valence-corrected chi connectivity index (χ0v) is 16.9. The van der Waals surface area contributed by atoms with Gasteiger partial charge in [-0.3, -0.25) is 14.8 Å². The van der Waals surface area contributed by atoms with Crippen LogP contribution in [0.25, 0.3) is 10.9 Å². The lowest BCUT2D eigenvalue weighted by Crippen LogP contribution is -2.38. The van der Waals surface area contributed by atoms with Crippen LogP contribution in [0.2, 0.25) is 0 Å². The molecular formula is C22H22F2N4O3. The van der Waals surface area contributed by atoms with E-state index in [2.05, 4.69) is 19.6 Å². The monoisotopic (exact) mass is 428 g/mol. The molecule has 162 valence electrons. The molecule has 3 heterocycles. The van der Waals surface area contributed by atoms with Crippen LogP contribution in [0.1, 0.15) is 29.0 Å². The number of aryl methyl sites for hydroxylation is 1. The third-order valence-corrected chi connectivity index (χ3v) is 5.18. The van der Waals surface area contributed by atoms with Crippen molar-refractivity contribution < 1.29 is 23.0 Å². The van der Waals surface area contributed by atoms with Crippen molar-refractivity contribution in [2.24, 2.45) is 5.73 Å². The first kappa shape index (κ1) is 20.8. The molecule has 1 aliphatic rings. The number of hydrogen-bond donors (Lipinski definition) is 1. The van der Waals surface area contributed by atoms with Crippen LogP contribution < -0.4 is 20.1 Å². The Labute approximate surface area is 177 Å². The molecule has 3 aromatic rings. The van der Waals surface area contributed by atoms with Gasteiger partial charge in [0.1, 0.15) is 23.3 Å². The first-order valence-electron chi connectivity index (χ1n) is 9.93. The number of ether oxygens (including phenoxy) is 2. The molecule has 1 aliphatic heterocycles. The number of fused-ring (bicyclic) bond motifs is 1. The molecule has 2 N–H and O–H groups in total. The van der Waals surface area contributed by atoms with Gasteiger partial charge >= 0.3 is 6.61 Å². The summed E-state index contributed by atoms with van der Waals surface area (Å²) in [4.78, 5) is 21.9.